The van der Waals surface area contributed by atoms with Crippen LogP contribution < -0.4 is 5.73 Å². The lowest BCUT2D eigenvalue weighted by atomic mass is 10.1. The molecule has 120 valence electrons. The van der Waals surface area contributed by atoms with E-state index in [0.717, 1.165) is 38.9 Å². The van der Waals surface area contributed by atoms with Crippen LogP contribution in [0.3, 0.4) is 0 Å². The molecule has 1 saturated carbocycles. The molecule has 1 aliphatic carbocycles. The summed E-state index contributed by atoms with van der Waals surface area (Å²) in [6.07, 6.45) is 7.58. The quantitative estimate of drug-likeness (QED) is 0.769. The van der Waals surface area contributed by atoms with E-state index in [4.69, 9.17) is 15.2 Å². The summed E-state index contributed by atoms with van der Waals surface area (Å²) in [5.41, 5.74) is 6.12. The second kappa shape index (κ2) is 7.07. The van der Waals surface area contributed by atoms with Gasteiger partial charge in [0.15, 0.2) is 0 Å². The largest absolute Gasteiger partial charge is 0.376 e. The van der Waals surface area contributed by atoms with E-state index >= 15 is 0 Å². The Morgan fingerprint density at radius 3 is 2.05 bits per heavy atom. The predicted molar refractivity (Wildman–Crippen MR) is 79.8 cm³/mol. The molecule has 0 bridgehead atoms. The Hall–Kier alpha value is -0.650. The Morgan fingerprint density at radius 1 is 1.05 bits per heavy atom. The highest BCUT2D eigenvalue weighted by molar-refractivity contribution is 5.77. The number of carbonyl (C=O) groups excluding carboxylic acids is 1. The highest BCUT2D eigenvalue weighted by atomic mass is 16.5. The fourth-order valence-corrected chi connectivity index (χ4v) is 3.37. The number of rotatable bonds is 7. The number of nitrogens with zero attached hydrogens (tertiary/aromatic N) is 1. The van der Waals surface area contributed by atoms with E-state index in [1.54, 1.807) is 0 Å². The summed E-state index contributed by atoms with van der Waals surface area (Å²) >= 11 is 0. The van der Waals surface area contributed by atoms with Crippen molar-refractivity contribution in [2.45, 2.75) is 63.2 Å². The van der Waals surface area contributed by atoms with E-state index in [1.807, 2.05) is 4.90 Å². The average molecular weight is 296 g/mol. The topological polar surface area (TPSA) is 64.8 Å². The molecule has 0 aromatic rings. The van der Waals surface area contributed by atoms with Crippen LogP contribution >= 0.6 is 0 Å². The fraction of sp³-hybridized carbons (Fsp3) is 0.938. The van der Waals surface area contributed by atoms with Crippen molar-refractivity contribution >= 4 is 5.91 Å². The van der Waals surface area contributed by atoms with E-state index < -0.39 is 0 Å². The van der Waals surface area contributed by atoms with Crippen molar-refractivity contribution in [3.63, 3.8) is 0 Å². The minimum atomic E-state index is 0.0361. The Balaban J connectivity index is 1.54. The van der Waals surface area contributed by atoms with Crippen molar-refractivity contribution in [1.82, 2.24) is 4.90 Å². The molecule has 1 amide bonds. The van der Waals surface area contributed by atoms with Gasteiger partial charge in [-0.15, -0.1) is 0 Å². The van der Waals surface area contributed by atoms with Crippen molar-refractivity contribution in [2.24, 2.45) is 11.7 Å². The summed E-state index contributed by atoms with van der Waals surface area (Å²) in [4.78, 5) is 14.5. The Bertz CT molecular complexity index is 329. The number of ether oxygens (including phenoxy) is 2. The molecular weight excluding hydrogens is 268 g/mol. The summed E-state index contributed by atoms with van der Waals surface area (Å²) in [5.74, 6) is 0.752. The molecule has 0 spiro atoms. The van der Waals surface area contributed by atoms with Gasteiger partial charge in [-0.3, -0.25) is 4.79 Å². The van der Waals surface area contributed by atoms with Gasteiger partial charge in [-0.05, 0) is 44.4 Å². The first-order chi connectivity index (χ1) is 10.2. The molecule has 5 heteroatoms. The molecule has 3 atom stereocenters. The van der Waals surface area contributed by atoms with E-state index in [-0.39, 0.29) is 24.2 Å². The van der Waals surface area contributed by atoms with Crippen LogP contribution in [0.2, 0.25) is 0 Å². The van der Waals surface area contributed by atoms with Crippen molar-refractivity contribution in [2.75, 3.05) is 26.3 Å². The van der Waals surface area contributed by atoms with Crippen LogP contribution in [-0.4, -0.2) is 55.4 Å². The summed E-state index contributed by atoms with van der Waals surface area (Å²) in [5, 5.41) is 0. The van der Waals surface area contributed by atoms with Gasteiger partial charge in [-0.25, -0.2) is 0 Å². The van der Waals surface area contributed by atoms with Crippen molar-refractivity contribution in [3.8, 4) is 0 Å². The molecule has 21 heavy (non-hydrogen) atoms. The van der Waals surface area contributed by atoms with Crippen molar-refractivity contribution in [3.05, 3.63) is 0 Å². The maximum atomic E-state index is 12.6. The third-order valence-electron chi connectivity index (χ3n) is 4.89. The zero-order valence-corrected chi connectivity index (χ0v) is 12.8. The van der Waals surface area contributed by atoms with E-state index in [9.17, 15) is 4.79 Å². The molecular formula is C16H28N2O3. The first kappa shape index (κ1) is 15.3. The lowest BCUT2D eigenvalue weighted by Gasteiger charge is -2.28. The number of hydrogen-bond acceptors (Lipinski definition) is 4. The number of carbonyl (C=O) groups is 1. The summed E-state index contributed by atoms with van der Waals surface area (Å²) in [7, 11) is 0. The molecule has 2 N–H and O–H groups in total. The number of nitrogens with two attached hydrogens (primary N) is 1. The van der Waals surface area contributed by atoms with E-state index in [0.29, 0.717) is 25.4 Å². The fourth-order valence-electron chi connectivity index (χ4n) is 3.37. The second-order valence-electron chi connectivity index (χ2n) is 6.77. The monoisotopic (exact) mass is 296 g/mol. The lowest BCUT2D eigenvalue weighted by molar-refractivity contribution is -0.135. The highest BCUT2D eigenvalue weighted by Gasteiger charge is 2.33. The molecule has 2 aliphatic heterocycles. The third kappa shape index (κ3) is 4.41. The van der Waals surface area contributed by atoms with Gasteiger partial charge in [0, 0.05) is 38.8 Å². The van der Waals surface area contributed by atoms with Crippen LogP contribution in [-0.2, 0) is 14.3 Å². The molecule has 3 rings (SSSR count). The molecule has 0 radical (unpaired) electrons. The normalized spacial score (nSPS) is 30.5. The molecule has 2 heterocycles. The van der Waals surface area contributed by atoms with Crippen LogP contribution in [0, 0.1) is 5.92 Å². The molecule has 3 unspecified atom stereocenters. The minimum Gasteiger partial charge on any atom is -0.376 e. The Labute approximate surface area is 127 Å². The van der Waals surface area contributed by atoms with Gasteiger partial charge in [-0.1, -0.05) is 0 Å². The van der Waals surface area contributed by atoms with Gasteiger partial charge in [-0.2, -0.15) is 0 Å². The van der Waals surface area contributed by atoms with Gasteiger partial charge in [0.2, 0.25) is 5.91 Å². The Kier molecular flexibility index (Phi) is 5.14. The van der Waals surface area contributed by atoms with Crippen LogP contribution in [0.1, 0.15) is 44.9 Å². The molecule has 3 aliphatic rings. The SMILES string of the molecule is NC(CC(=O)N(CC1CCCO1)CC1CCCO1)C1CC1. The van der Waals surface area contributed by atoms with E-state index in [1.165, 1.54) is 12.8 Å². The molecule has 0 aromatic heterocycles. The van der Waals surface area contributed by atoms with Gasteiger partial charge in [0.1, 0.15) is 0 Å². The van der Waals surface area contributed by atoms with Crippen molar-refractivity contribution < 1.29 is 14.3 Å². The minimum absolute atomic E-state index is 0.0361. The van der Waals surface area contributed by atoms with Crippen LogP contribution in [0.4, 0.5) is 0 Å². The van der Waals surface area contributed by atoms with Crippen LogP contribution in [0.15, 0.2) is 0 Å². The van der Waals surface area contributed by atoms with Crippen molar-refractivity contribution in [1.29, 1.82) is 0 Å². The van der Waals surface area contributed by atoms with Gasteiger partial charge >= 0.3 is 0 Å². The molecule has 0 aromatic carbocycles. The Morgan fingerprint density at radius 2 is 1.62 bits per heavy atom. The van der Waals surface area contributed by atoms with Gasteiger partial charge in [0.05, 0.1) is 12.2 Å². The smallest absolute Gasteiger partial charge is 0.224 e. The van der Waals surface area contributed by atoms with Crippen LogP contribution in [0.25, 0.3) is 0 Å². The summed E-state index contributed by atoms with van der Waals surface area (Å²) < 4.78 is 11.4. The first-order valence-electron chi connectivity index (χ1n) is 8.49. The maximum Gasteiger partial charge on any atom is 0.224 e. The maximum absolute atomic E-state index is 12.6. The predicted octanol–water partition coefficient (Wildman–Crippen LogP) is 1.30. The summed E-state index contributed by atoms with van der Waals surface area (Å²) in [6.45, 7) is 3.06. The lowest BCUT2D eigenvalue weighted by Crippen LogP contribution is -2.44. The molecule has 3 fully saturated rings. The second-order valence-corrected chi connectivity index (χ2v) is 6.77. The van der Waals surface area contributed by atoms with Crippen LogP contribution in [0.5, 0.6) is 0 Å². The zero-order chi connectivity index (χ0) is 14.7. The summed E-state index contributed by atoms with van der Waals surface area (Å²) in [6, 6.07) is 0.0361. The first-order valence-corrected chi connectivity index (χ1v) is 8.49. The standard InChI is InChI=1S/C16H28N2O3/c17-15(12-5-6-12)9-16(19)18(10-13-3-1-7-20-13)11-14-4-2-8-21-14/h12-15H,1-11,17H2. The third-order valence-corrected chi connectivity index (χ3v) is 4.89. The van der Waals surface area contributed by atoms with Gasteiger partial charge < -0.3 is 20.1 Å². The zero-order valence-electron chi connectivity index (χ0n) is 12.8. The molecule has 5 nitrogen and oxygen atoms in total. The molecule has 2 saturated heterocycles. The van der Waals surface area contributed by atoms with E-state index in [2.05, 4.69) is 0 Å². The van der Waals surface area contributed by atoms with Gasteiger partial charge in [0.25, 0.3) is 0 Å². The average Bonchev–Trinajstić information content (AvgIpc) is 2.97. The number of amides is 1. The highest BCUT2D eigenvalue weighted by Crippen LogP contribution is 2.33. The number of hydrogen-bond donors (Lipinski definition) is 1.